The van der Waals surface area contributed by atoms with Gasteiger partial charge in [-0.2, -0.15) is 0 Å². The van der Waals surface area contributed by atoms with Crippen molar-refractivity contribution in [2.45, 2.75) is 82.8 Å². The van der Waals surface area contributed by atoms with Crippen LogP contribution in [0.2, 0.25) is 0 Å². The molecule has 2 aliphatic carbocycles. The lowest BCUT2D eigenvalue weighted by Crippen LogP contribution is -2.44. The molecule has 0 saturated heterocycles. The highest BCUT2D eigenvalue weighted by atomic mass is 35.5. The second-order valence-electron chi connectivity index (χ2n) is 7.00. The Morgan fingerprint density at radius 2 is 1.17 bits per heavy atom. The summed E-state index contributed by atoms with van der Waals surface area (Å²) in [7, 11) is 0. The maximum atomic E-state index is 5.83. The summed E-state index contributed by atoms with van der Waals surface area (Å²) in [4.78, 5) is 2.85. The fourth-order valence-corrected chi connectivity index (χ4v) is 4.22. The molecule has 0 heterocycles. The van der Waals surface area contributed by atoms with E-state index in [0.717, 1.165) is 24.3 Å². The fraction of sp³-hybridized carbons (Fsp3) is 0.684. The summed E-state index contributed by atoms with van der Waals surface area (Å²) >= 11 is 0. The molecule has 1 aromatic rings. The van der Waals surface area contributed by atoms with Crippen molar-refractivity contribution in [2.75, 3.05) is 5.73 Å². The first-order valence-electron chi connectivity index (χ1n) is 8.93. The summed E-state index contributed by atoms with van der Waals surface area (Å²) in [6.45, 7) is 1.12. The quantitative estimate of drug-likeness (QED) is 0.711. The second kappa shape index (κ2) is 10.4. The molecule has 132 valence electrons. The molecule has 0 bridgehead atoms. The van der Waals surface area contributed by atoms with Gasteiger partial charge in [-0.05, 0) is 43.4 Å². The van der Waals surface area contributed by atoms with Crippen molar-refractivity contribution < 1.29 is 0 Å². The monoisotopic (exact) mass is 358 g/mol. The number of rotatable bonds is 4. The van der Waals surface area contributed by atoms with Crippen molar-refractivity contribution in [3.63, 3.8) is 0 Å². The Bertz CT molecular complexity index is 406. The largest absolute Gasteiger partial charge is 0.399 e. The lowest BCUT2D eigenvalue weighted by Gasteiger charge is -2.41. The van der Waals surface area contributed by atoms with Gasteiger partial charge in [-0.1, -0.05) is 50.7 Å². The average Bonchev–Trinajstić information content (AvgIpc) is 2.56. The van der Waals surface area contributed by atoms with Crippen LogP contribution in [0.4, 0.5) is 5.69 Å². The Hall–Kier alpha value is -0.440. The molecule has 0 aromatic heterocycles. The van der Waals surface area contributed by atoms with Gasteiger partial charge in [-0.15, -0.1) is 24.8 Å². The van der Waals surface area contributed by atoms with E-state index < -0.39 is 0 Å². The van der Waals surface area contributed by atoms with Crippen LogP contribution in [0.15, 0.2) is 24.3 Å². The van der Waals surface area contributed by atoms with Gasteiger partial charge in [0, 0.05) is 24.3 Å². The molecule has 2 nitrogen and oxygen atoms in total. The zero-order chi connectivity index (χ0) is 14.5. The lowest BCUT2D eigenvalue weighted by molar-refractivity contribution is 0.0731. The van der Waals surface area contributed by atoms with Crippen LogP contribution >= 0.6 is 24.8 Å². The van der Waals surface area contributed by atoms with Crippen LogP contribution in [-0.4, -0.2) is 17.0 Å². The molecule has 2 fully saturated rings. The molecule has 0 spiro atoms. The topological polar surface area (TPSA) is 29.3 Å². The second-order valence-corrected chi connectivity index (χ2v) is 7.00. The molecule has 2 aliphatic rings. The van der Waals surface area contributed by atoms with E-state index in [-0.39, 0.29) is 24.8 Å². The summed E-state index contributed by atoms with van der Waals surface area (Å²) in [6, 6.07) is 10.2. The van der Waals surface area contributed by atoms with E-state index >= 15 is 0 Å². The van der Waals surface area contributed by atoms with Gasteiger partial charge in [0.1, 0.15) is 0 Å². The molecule has 1 aromatic carbocycles. The highest BCUT2D eigenvalue weighted by Gasteiger charge is 2.28. The SMILES string of the molecule is Cl.Cl.Nc1ccc(CN(C2CCCCC2)C2CCCCC2)cc1. The van der Waals surface area contributed by atoms with Crippen molar-refractivity contribution in [3.05, 3.63) is 29.8 Å². The molecule has 2 N–H and O–H groups in total. The first-order chi connectivity index (χ1) is 10.3. The number of nitrogens with two attached hydrogens (primary N) is 1. The standard InChI is InChI=1S/C19H30N2.2ClH/c20-17-13-11-16(12-14-17)15-21(18-7-3-1-4-8-18)19-9-5-2-6-10-19;;/h11-14,18-19H,1-10,15,20H2;2*1H. The van der Waals surface area contributed by atoms with Gasteiger partial charge >= 0.3 is 0 Å². The summed E-state index contributed by atoms with van der Waals surface area (Å²) in [6.07, 6.45) is 14.2. The number of nitrogen functional groups attached to an aromatic ring is 1. The first-order valence-corrected chi connectivity index (χ1v) is 8.93. The third-order valence-corrected chi connectivity index (χ3v) is 5.43. The minimum atomic E-state index is 0. The molecule has 0 atom stereocenters. The van der Waals surface area contributed by atoms with E-state index in [1.807, 2.05) is 0 Å². The zero-order valence-electron chi connectivity index (χ0n) is 14.1. The Kier molecular flexibility index (Phi) is 9.34. The van der Waals surface area contributed by atoms with E-state index in [0.29, 0.717) is 0 Å². The number of benzene rings is 1. The van der Waals surface area contributed by atoms with Gasteiger partial charge in [-0.25, -0.2) is 0 Å². The molecule has 0 radical (unpaired) electrons. The van der Waals surface area contributed by atoms with Crippen molar-refractivity contribution in [3.8, 4) is 0 Å². The predicted octanol–water partition coefficient (Wildman–Crippen LogP) is 5.58. The van der Waals surface area contributed by atoms with Gasteiger partial charge in [0.05, 0.1) is 0 Å². The van der Waals surface area contributed by atoms with Gasteiger partial charge in [0.25, 0.3) is 0 Å². The first kappa shape index (κ1) is 20.6. The van der Waals surface area contributed by atoms with Crippen molar-refractivity contribution >= 4 is 30.5 Å². The minimum absolute atomic E-state index is 0. The molecule has 0 unspecified atom stereocenters. The number of nitrogens with zero attached hydrogens (tertiary/aromatic N) is 1. The molecule has 4 heteroatoms. The molecular weight excluding hydrogens is 327 g/mol. The normalized spacial score (nSPS) is 19.9. The zero-order valence-corrected chi connectivity index (χ0v) is 15.7. The Morgan fingerprint density at radius 1 is 0.739 bits per heavy atom. The van der Waals surface area contributed by atoms with E-state index in [1.54, 1.807) is 0 Å². The molecule has 23 heavy (non-hydrogen) atoms. The Morgan fingerprint density at radius 3 is 1.61 bits per heavy atom. The highest BCUT2D eigenvalue weighted by molar-refractivity contribution is 5.85. The third-order valence-electron chi connectivity index (χ3n) is 5.43. The van der Waals surface area contributed by atoms with Crippen LogP contribution in [0, 0.1) is 0 Å². The molecular formula is C19H32Cl2N2. The number of anilines is 1. The van der Waals surface area contributed by atoms with Crippen LogP contribution in [-0.2, 0) is 6.54 Å². The van der Waals surface area contributed by atoms with Crippen molar-refractivity contribution in [1.29, 1.82) is 0 Å². The Balaban J connectivity index is 0.00000132. The molecule has 0 amide bonds. The summed E-state index contributed by atoms with van der Waals surface area (Å²) in [5, 5.41) is 0. The van der Waals surface area contributed by atoms with Gasteiger partial charge in [-0.3, -0.25) is 4.90 Å². The van der Waals surface area contributed by atoms with E-state index in [4.69, 9.17) is 5.73 Å². The van der Waals surface area contributed by atoms with Gasteiger partial charge in [0.15, 0.2) is 0 Å². The molecule has 2 saturated carbocycles. The van der Waals surface area contributed by atoms with E-state index in [9.17, 15) is 0 Å². The Labute approximate surface area is 154 Å². The predicted molar refractivity (Wildman–Crippen MR) is 105 cm³/mol. The highest BCUT2D eigenvalue weighted by Crippen LogP contribution is 2.31. The lowest BCUT2D eigenvalue weighted by atomic mass is 9.88. The van der Waals surface area contributed by atoms with Crippen LogP contribution in [0.25, 0.3) is 0 Å². The maximum Gasteiger partial charge on any atom is 0.0314 e. The van der Waals surface area contributed by atoms with E-state index in [1.165, 1.54) is 69.8 Å². The van der Waals surface area contributed by atoms with Gasteiger partial charge in [0.2, 0.25) is 0 Å². The number of hydrogen-bond donors (Lipinski definition) is 1. The summed E-state index contributed by atoms with van der Waals surface area (Å²) in [5.74, 6) is 0. The fourth-order valence-electron chi connectivity index (χ4n) is 4.22. The van der Waals surface area contributed by atoms with Crippen molar-refractivity contribution in [1.82, 2.24) is 4.90 Å². The average molecular weight is 359 g/mol. The number of hydrogen-bond acceptors (Lipinski definition) is 2. The minimum Gasteiger partial charge on any atom is -0.399 e. The number of halogens is 2. The summed E-state index contributed by atoms with van der Waals surface area (Å²) < 4.78 is 0. The molecule has 0 aliphatic heterocycles. The maximum absolute atomic E-state index is 5.83. The third kappa shape index (κ3) is 5.85. The van der Waals surface area contributed by atoms with Crippen LogP contribution < -0.4 is 5.73 Å². The smallest absolute Gasteiger partial charge is 0.0314 e. The van der Waals surface area contributed by atoms with E-state index in [2.05, 4.69) is 29.2 Å². The van der Waals surface area contributed by atoms with Crippen LogP contribution in [0.1, 0.15) is 69.8 Å². The van der Waals surface area contributed by atoms with Crippen LogP contribution in [0.5, 0.6) is 0 Å². The summed E-state index contributed by atoms with van der Waals surface area (Å²) in [5.41, 5.74) is 8.14. The van der Waals surface area contributed by atoms with Crippen LogP contribution in [0.3, 0.4) is 0 Å². The van der Waals surface area contributed by atoms with Gasteiger partial charge < -0.3 is 5.73 Å². The molecule has 3 rings (SSSR count). The van der Waals surface area contributed by atoms with Crippen molar-refractivity contribution in [2.24, 2.45) is 0 Å².